The van der Waals surface area contributed by atoms with Crippen molar-refractivity contribution in [3.63, 3.8) is 0 Å². The number of ether oxygens (including phenoxy) is 1. The summed E-state index contributed by atoms with van der Waals surface area (Å²) in [6.07, 6.45) is 1.67. The minimum Gasteiger partial charge on any atom is -0.495 e. The summed E-state index contributed by atoms with van der Waals surface area (Å²) < 4.78 is 5.21. The molecule has 6 heteroatoms. The van der Waals surface area contributed by atoms with Gasteiger partial charge in [0.2, 0.25) is 5.91 Å². The van der Waals surface area contributed by atoms with Gasteiger partial charge in [-0.2, -0.15) is 0 Å². The van der Waals surface area contributed by atoms with Crippen molar-refractivity contribution in [3.8, 4) is 5.75 Å². The molecule has 0 atom stereocenters. The van der Waals surface area contributed by atoms with Crippen LogP contribution in [0.5, 0.6) is 5.75 Å². The number of hydrogen-bond acceptors (Lipinski definition) is 3. The molecule has 128 valence electrons. The Morgan fingerprint density at radius 3 is 2.64 bits per heavy atom. The molecule has 0 aliphatic carbocycles. The fourth-order valence-corrected chi connectivity index (χ4v) is 2.68. The number of carbonyl (C=O) groups excluding carboxylic acids is 2. The molecule has 3 aromatic rings. The number of rotatable bonds is 5. The van der Waals surface area contributed by atoms with Crippen LogP contribution in [0.1, 0.15) is 10.4 Å². The Balaban J connectivity index is 1.70. The highest BCUT2D eigenvalue weighted by atomic mass is 16.5. The van der Waals surface area contributed by atoms with Crippen LogP contribution in [0.15, 0.2) is 54.7 Å². The number of aromatic nitrogens is 1. The van der Waals surface area contributed by atoms with Crippen LogP contribution in [0.2, 0.25) is 0 Å². The Morgan fingerprint density at radius 2 is 1.84 bits per heavy atom. The minimum atomic E-state index is -0.291. The summed E-state index contributed by atoms with van der Waals surface area (Å²) >= 11 is 0. The smallest absolute Gasteiger partial charge is 0.256 e. The Kier molecular flexibility index (Phi) is 4.70. The average Bonchev–Trinajstić information content (AvgIpc) is 3.05. The predicted molar refractivity (Wildman–Crippen MR) is 96.9 cm³/mol. The molecule has 3 rings (SSSR count). The van der Waals surface area contributed by atoms with Crippen molar-refractivity contribution in [2.45, 2.75) is 0 Å². The largest absolute Gasteiger partial charge is 0.495 e. The molecular formula is C19H19N3O3. The molecule has 1 aromatic heterocycles. The molecule has 0 unspecified atom stereocenters. The Morgan fingerprint density at radius 1 is 1.12 bits per heavy atom. The van der Waals surface area contributed by atoms with Gasteiger partial charge in [0.15, 0.2) is 0 Å². The molecular weight excluding hydrogens is 318 g/mol. The third-order valence-corrected chi connectivity index (χ3v) is 3.93. The van der Waals surface area contributed by atoms with Gasteiger partial charge in [-0.1, -0.05) is 30.3 Å². The lowest BCUT2D eigenvalue weighted by Gasteiger charge is -2.17. The molecule has 0 bridgehead atoms. The molecule has 0 fully saturated rings. The number of nitrogens with zero attached hydrogens (tertiary/aromatic N) is 1. The summed E-state index contributed by atoms with van der Waals surface area (Å²) in [7, 11) is 3.14. The van der Waals surface area contributed by atoms with E-state index in [4.69, 9.17) is 4.74 Å². The zero-order valence-electron chi connectivity index (χ0n) is 14.1. The van der Waals surface area contributed by atoms with Gasteiger partial charge in [-0.3, -0.25) is 9.59 Å². The van der Waals surface area contributed by atoms with Crippen LogP contribution in [0.25, 0.3) is 10.9 Å². The van der Waals surface area contributed by atoms with E-state index in [1.54, 1.807) is 31.4 Å². The normalized spacial score (nSPS) is 10.5. The molecule has 6 nitrogen and oxygen atoms in total. The fourth-order valence-electron chi connectivity index (χ4n) is 2.68. The van der Waals surface area contributed by atoms with Crippen molar-refractivity contribution in [1.82, 2.24) is 9.88 Å². The second kappa shape index (κ2) is 7.09. The van der Waals surface area contributed by atoms with E-state index in [2.05, 4.69) is 10.3 Å². The Labute approximate surface area is 145 Å². The quantitative estimate of drug-likeness (QED) is 0.752. The first-order chi connectivity index (χ1) is 12.1. The van der Waals surface area contributed by atoms with Gasteiger partial charge in [0, 0.05) is 24.1 Å². The Bertz CT molecular complexity index is 917. The Hall–Kier alpha value is -3.28. The van der Waals surface area contributed by atoms with Crippen molar-refractivity contribution in [2.24, 2.45) is 0 Å². The average molecular weight is 337 g/mol. The number of methoxy groups -OCH3 is 1. The van der Waals surface area contributed by atoms with Gasteiger partial charge >= 0.3 is 0 Å². The minimum absolute atomic E-state index is 0.0591. The lowest BCUT2D eigenvalue weighted by Crippen LogP contribution is -2.34. The fraction of sp³-hybridized carbons (Fsp3) is 0.158. The lowest BCUT2D eigenvalue weighted by atomic mass is 10.1. The van der Waals surface area contributed by atoms with Crippen LogP contribution in [0, 0.1) is 0 Å². The van der Waals surface area contributed by atoms with E-state index in [1.807, 2.05) is 30.3 Å². The SMILES string of the molecule is COc1ccccc1NC(=O)CN(C)C(=O)c1c[nH]c2ccccc12. The molecule has 0 aliphatic rings. The zero-order valence-corrected chi connectivity index (χ0v) is 14.1. The number of H-pyrrole nitrogens is 1. The van der Waals surface area contributed by atoms with Crippen molar-refractivity contribution >= 4 is 28.4 Å². The van der Waals surface area contributed by atoms with Crippen LogP contribution in [-0.2, 0) is 4.79 Å². The topological polar surface area (TPSA) is 74.4 Å². The van der Waals surface area contributed by atoms with Gasteiger partial charge in [-0.15, -0.1) is 0 Å². The van der Waals surface area contributed by atoms with Crippen molar-refractivity contribution in [3.05, 3.63) is 60.3 Å². The van der Waals surface area contributed by atoms with Crippen LogP contribution >= 0.6 is 0 Å². The maximum atomic E-state index is 12.6. The molecule has 1 heterocycles. The van der Waals surface area contributed by atoms with Crippen LogP contribution < -0.4 is 10.1 Å². The number of likely N-dealkylation sites (N-methyl/N-ethyl adjacent to an activating group) is 1. The first-order valence-electron chi connectivity index (χ1n) is 7.84. The van der Waals surface area contributed by atoms with Gasteiger partial charge < -0.3 is 19.9 Å². The van der Waals surface area contributed by atoms with E-state index >= 15 is 0 Å². The first kappa shape index (κ1) is 16.6. The van der Waals surface area contributed by atoms with Crippen LogP contribution in [0.4, 0.5) is 5.69 Å². The van der Waals surface area contributed by atoms with Gasteiger partial charge in [-0.25, -0.2) is 0 Å². The highest BCUT2D eigenvalue weighted by Gasteiger charge is 2.18. The third-order valence-electron chi connectivity index (χ3n) is 3.93. The van der Waals surface area contributed by atoms with E-state index in [0.29, 0.717) is 17.0 Å². The van der Waals surface area contributed by atoms with E-state index in [1.165, 1.54) is 12.0 Å². The summed E-state index contributed by atoms with van der Waals surface area (Å²) in [5.41, 5.74) is 2.00. The lowest BCUT2D eigenvalue weighted by molar-refractivity contribution is -0.116. The summed E-state index contributed by atoms with van der Waals surface area (Å²) in [5, 5.41) is 3.60. The summed E-state index contributed by atoms with van der Waals surface area (Å²) in [4.78, 5) is 29.3. The maximum Gasteiger partial charge on any atom is 0.256 e. The van der Waals surface area contributed by atoms with E-state index in [-0.39, 0.29) is 18.4 Å². The summed E-state index contributed by atoms with van der Waals surface area (Å²) in [6.45, 7) is -0.0591. The van der Waals surface area contributed by atoms with Crippen molar-refractivity contribution in [1.29, 1.82) is 0 Å². The number of hydrogen-bond donors (Lipinski definition) is 2. The number of para-hydroxylation sites is 3. The second-order valence-corrected chi connectivity index (χ2v) is 5.66. The molecule has 2 N–H and O–H groups in total. The number of aromatic amines is 1. The molecule has 0 aliphatic heterocycles. The standard InChI is InChI=1S/C19H19N3O3/c1-22(12-18(23)21-16-9-5-6-10-17(16)25-2)19(24)14-11-20-15-8-4-3-7-13(14)15/h3-11,20H,12H2,1-2H3,(H,21,23). The maximum absolute atomic E-state index is 12.6. The van der Waals surface area contributed by atoms with Gasteiger partial charge in [-0.05, 0) is 18.2 Å². The third kappa shape index (κ3) is 3.47. The number of fused-ring (bicyclic) bond motifs is 1. The first-order valence-corrected chi connectivity index (χ1v) is 7.84. The van der Waals surface area contributed by atoms with Crippen molar-refractivity contribution in [2.75, 3.05) is 26.0 Å². The highest BCUT2D eigenvalue weighted by molar-refractivity contribution is 6.08. The molecule has 0 spiro atoms. The molecule has 25 heavy (non-hydrogen) atoms. The summed E-state index contributed by atoms with van der Waals surface area (Å²) in [5.74, 6) is 0.0641. The number of anilines is 1. The summed E-state index contributed by atoms with van der Waals surface area (Å²) in [6, 6.07) is 14.7. The zero-order chi connectivity index (χ0) is 17.8. The number of carbonyl (C=O) groups is 2. The van der Waals surface area contributed by atoms with E-state index in [9.17, 15) is 9.59 Å². The van der Waals surface area contributed by atoms with Crippen LogP contribution in [0.3, 0.4) is 0 Å². The molecule has 2 amide bonds. The highest BCUT2D eigenvalue weighted by Crippen LogP contribution is 2.23. The van der Waals surface area contributed by atoms with E-state index < -0.39 is 0 Å². The molecule has 0 saturated carbocycles. The van der Waals surface area contributed by atoms with Crippen LogP contribution in [-0.4, -0.2) is 42.4 Å². The predicted octanol–water partition coefficient (Wildman–Crippen LogP) is 2.89. The molecule has 0 radical (unpaired) electrons. The molecule has 2 aromatic carbocycles. The number of benzene rings is 2. The monoisotopic (exact) mass is 337 g/mol. The van der Waals surface area contributed by atoms with Gasteiger partial charge in [0.25, 0.3) is 5.91 Å². The van der Waals surface area contributed by atoms with Crippen molar-refractivity contribution < 1.29 is 14.3 Å². The number of amides is 2. The molecule has 0 saturated heterocycles. The second-order valence-electron chi connectivity index (χ2n) is 5.66. The van der Waals surface area contributed by atoms with Gasteiger partial charge in [0.1, 0.15) is 5.75 Å². The number of nitrogens with one attached hydrogen (secondary N) is 2. The van der Waals surface area contributed by atoms with E-state index in [0.717, 1.165) is 10.9 Å². The van der Waals surface area contributed by atoms with Gasteiger partial charge in [0.05, 0.1) is 24.9 Å².